The molecule has 3 N–H and O–H groups in total. The standard InChI is InChI=1S/C12H15FN4/c1-17-12(9-3-2-4-10(13)7-9)11(8-16-17)15-6-5-14/h2-4,7-8,15H,5-6,14H2,1H3. The van der Waals surface area contributed by atoms with E-state index in [1.165, 1.54) is 12.1 Å². The maximum absolute atomic E-state index is 13.2. The summed E-state index contributed by atoms with van der Waals surface area (Å²) in [4.78, 5) is 0. The molecular weight excluding hydrogens is 219 g/mol. The van der Waals surface area contributed by atoms with Crippen LogP contribution in [0.4, 0.5) is 10.1 Å². The van der Waals surface area contributed by atoms with Gasteiger partial charge in [-0.2, -0.15) is 5.10 Å². The molecule has 0 saturated carbocycles. The number of rotatable bonds is 4. The van der Waals surface area contributed by atoms with E-state index in [-0.39, 0.29) is 5.82 Å². The van der Waals surface area contributed by atoms with E-state index in [2.05, 4.69) is 10.4 Å². The van der Waals surface area contributed by atoms with Gasteiger partial charge in [-0.05, 0) is 12.1 Å². The molecule has 90 valence electrons. The number of hydrogen-bond acceptors (Lipinski definition) is 3. The first kappa shape index (κ1) is 11.6. The van der Waals surface area contributed by atoms with E-state index in [1.54, 1.807) is 16.9 Å². The van der Waals surface area contributed by atoms with Gasteiger partial charge in [0.15, 0.2) is 0 Å². The molecule has 0 amide bonds. The van der Waals surface area contributed by atoms with Crippen LogP contribution in [-0.4, -0.2) is 22.9 Å². The fourth-order valence-corrected chi connectivity index (χ4v) is 1.75. The fraction of sp³-hybridized carbons (Fsp3) is 0.250. The average Bonchev–Trinajstić information content (AvgIpc) is 2.68. The molecule has 0 spiro atoms. The van der Waals surface area contributed by atoms with Crippen LogP contribution in [0.3, 0.4) is 0 Å². The van der Waals surface area contributed by atoms with Gasteiger partial charge in [0.2, 0.25) is 0 Å². The van der Waals surface area contributed by atoms with E-state index in [0.717, 1.165) is 16.9 Å². The van der Waals surface area contributed by atoms with Crippen LogP contribution in [0, 0.1) is 5.82 Å². The van der Waals surface area contributed by atoms with Gasteiger partial charge in [-0.25, -0.2) is 4.39 Å². The fourth-order valence-electron chi connectivity index (χ4n) is 1.75. The molecule has 0 atom stereocenters. The SMILES string of the molecule is Cn1ncc(NCCN)c1-c1cccc(F)c1. The van der Waals surface area contributed by atoms with Gasteiger partial charge in [0.05, 0.1) is 17.6 Å². The zero-order valence-corrected chi connectivity index (χ0v) is 9.65. The highest BCUT2D eigenvalue weighted by Gasteiger charge is 2.10. The lowest BCUT2D eigenvalue weighted by molar-refractivity contribution is 0.628. The van der Waals surface area contributed by atoms with Crippen molar-refractivity contribution in [2.24, 2.45) is 12.8 Å². The van der Waals surface area contributed by atoms with Crippen LogP contribution in [0.15, 0.2) is 30.5 Å². The van der Waals surface area contributed by atoms with E-state index < -0.39 is 0 Å². The van der Waals surface area contributed by atoms with Crippen LogP contribution in [0.1, 0.15) is 0 Å². The molecule has 0 bridgehead atoms. The van der Waals surface area contributed by atoms with Crippen molar-refractivity contribution >= 4 is 5.69 Å². The first-order valence-electron chi connectivity index (χ1n) is 5.44. The smallest absolute Gasteiger partial charge is 0.123 e. The Morgan fingerprint density at radius 2 is 2.29 bits per heavy atom. The predicted octanol–water partition coefficient (Wildman–Crippen LogP) is 1.60. The molecule has 0 radical (unpaired) electrons. The largest absolute Gasteiger partial charge is 0.381 e. The van der Waals surface area contributed by atoms with Crippen molar-refractivity contribution in [1.82, 2.24) is 9.78 Å². The molecule has 0 aliphatic heterocycles. The molecule has 17 heavy (non-hydrogen) atoms. The second-order valence-corrected chi connectivity index (χ2v) is 3.76. The number of nitrogens with one attached hydrogen (secondary N) is 1. The summed E-state index contributed by atoms with van der Waals surface area (Å²) in [5.41, 5.74) is 7.97. The third kappa shape index (κ3) is 2.45. The minimum absolute atomic E-state index is 0.256. The van der Waals surface area contributed by atoms with E-state index in [0.29, 0.717) is 13.1 Å². The first-order chi connectivity index (χ1) is 8.22. The van der Waals surface area contributed by atoms with Crippen LogP contribution in [-0.2, 0) is 7.05 Å². The predicted molar refractivity (Wildman–Crippen MR) is 66.1 cm³/mol. The number of benzene rings is 1. The Bertz CT molecular complexity index is 507. The van der Waals surface area contributed by atoms with Crippen LogP contribution in [0.2, 0.25) is 0 Å². The van der Waals surface area contributed by atoms with E-state index in [4.69, 9.17) is 5.73 Å². The van der Waals surface area contributed by atoms with Crippen molar-refractivity contribution in [2.45, 2.75) is 0 Å². The highest BCUT2D eigenvalue weighted by atomic mass is 19.1. The van der Waals surface area contributed by atoms with Gasteiger partial charge < -0.3 is 11.1 Å². The lowest BCUT2D eigenvalue weighted by Crippen LogP contribution is -2.13. The highest BCUT2D eigenvalue weighted by molar-refractivity contribution is 5.74. The van der Waals surface area contributed by atoms with Crippen molar-refractivity contribution in [2.75, 3.05) is 18.4 Å². The monoisotopic (exact) mass is 234 g/mol. The molecular formula is C12H15FN4. The summed E-state index contributed by atoms with van der Waals surface area (Å²) >= 11 is 0. The van der Waals surface area contributed by atoms with Crippen LogP contribution >= 0.6 is 0 Å². The Labute approximate surface area is 99.2 Å². The third-order valence-corrected chi connectivity index (χ3v) is 2.50. The first-order valence-corrected chi connectivity index (χ1v) is 5.44. The van der Waals surface area contributed by atoms with Gasteiger partial charge in [-0.1, -0.05) is 12.1 Å². The summed E-state index contributed by atoms with van der Waals surface area (Å²) in [6.07, 6.45) is 1.72. The van der Waals surface area contributed by atoms with Crippen LogP contribution < -0.4 is 11.1 Å². The summed E-state index contributed by atoms with van der Waals surface area (Å²) in [5, 5.41) is 7.34. The number of nitrogens with two attached hydrogens (primary N) is 1. The zero-order chi connectivity index (χ0) is 12.3. The Morgan fingerprint density at radius 3 is 3.00 bits per heavy atom. The van der Waals surface area contributed by atoms with Crippen LogP contribution in [0.5, 0.6) is 0 Å². The third-order valence-electron chi connectivity index (χ3n) is 2.50. The van der Waals surface area contributed by atoms with Gasteiger partial charge in [-0.3, -0.25) is 4.68 Å². The highest BCUT2D eigenvalue weighted by Crippen LogP contribution is 2.27. The summed E-state index contributed by atoms with van der Waals surface area (Å²) in [6, 6.07) is 6.45. The Balaban J connectivity index is 2.39. The molecule has 1 aromatic carbocycles. The minimum Gasteiger partial charge on any atom is -0.381 e. The molecule has 2 rings (SSSR count). The van der Waals surface area contributed by atoms with Crippen molar-refractivity contribution in [3.8, 4) is 11.3 Å². The number of nitrogens with zero attached hydrogens (tertiary/aromatic N) is 2. The van der Waals surface area contributed by atoms with Crippen molar-refractivity contribution in [3.63, 3.8) is 0 Å². The van der Waals surface area contributed by atoms with Gasteiger partial charge in [0, 0.05) is 25.7 Å². The van der Waals surface area contributed by atoms with Gasteiger partial charge >= 0.3 is 0 Å². The summed E-state index contributed by atoms with van der Waals surface area (Å²) in [6.45, 7) is 1.20. The topological polar surface area (TPSA) is 55.9 Å². The number of aryl methyl sites for hydroxylation is 1. The molecule has 1 heterocycles. The van der Waals surface area contributed by atoms with Gasteiger partial charge in [0.25, 0.3) is 0 Å². The summed E-state index contributed by atoms with van der Waals surface area (Å²) in [5.74, 6) is -0.256. The number of anilines is 1. The molecule has 0 fully saturated rings. The number of hydrogen-bond donors (Lipinski definition) is 2. The van der Waals surface area contributed by atoms with Crippen LogP contribution in [0.25, 0.3) is 11.3 Å². The zero-order valence-electron chi connectivity index (χ0n) is 9.65. The lowest BCUT2D eigenvalue weighted by atomic mass is 10.1. The lowest BCUT2D eigenvalue weighted by Gasteiger charge is -2.08. The molecule has 0 saturated heterocycles. The quantitative estimate of drug-likeness (QED) is 0.844. The van der Waals surface area contributed by atoms with E-state index in [9.17, 15) is 4.39 Å². The molecule has 1 aromatic heterocycles. The summed E-state index contributed by atoms with van der Waals surface area (Å²) < 4.78 is 14.9. The minimum atomic E-state index is -0.256. The second kappa shape index (κ2) is 4.97. The van der Waals surface area contributed by atoms with Crippen molar-refractivity contribution < 1.29 is 4.39 Å². The molecule has 0 aliphatic carbocycles. The van der Waals surface area contributed by atoms with Gasteiger partial charge in [0.1, 0.15) is 5.82 Å². The average molecular weight is 234 g/mol. The number of aromatic nitrogens is 2. The Kier molecular flexibility index (Phi) is 3.39. The Hall–Kier alpha value is -1.88. The second-order valence-electron chi connectivity index (χ2n) is 3.76. The Morgan fingerprint density at radius 1 is 1.47 bits per heavy atom. The van der Waals surface area contributed by atoms with E-state index in [1.807, 2.05) is 13.1 Å². The normalized spacial score (nSPS) is 10.5. The maximum atomic E-state index is 13.2. The molecule has 0 aliphatic rings. The van der Waals surface area contributed by atoms with Gasteiger partial charge in [-0.15, -0.1) is 0 Å². The molecule has 4 nitrogen and oxygen atoms in total. The van der Waals surface area contributed by atoms with Crippen molar-refractivity contribution in [1.29, 1.82) is 0 Å². The summed E-state index contributed by atoms with van der Waals surface area (Å²) in [7, 11) is 1.83. The maximum Gasteiger partial charge on any atom is 0.123 e. The number of halogens is 1. The molecule has 5 heteroatoms. The molecule has 0 unspecified atom stereocenters. The van der Waals surface area contributed by atoms with E-state index >= 15 is 0 Å². The van der Waals surface area contributed by atoms with Crippen molar-refractivity contribution in [3.05, 3.63) is 36.3 Å². The molecule has 2 aromatic rings.